The summed E-state index contributed by atoms with van der Waals surface area (Å²) >= 11 is 0. The molecule has 3 N–H and O–H groups in total. The molecule has 9 heteroatoms. The van der Waals surface area contributed by atoms with Crippen molar-refractivity contribution in [2.75, 3.05) is 33.0 Å². The minimum Gasteiger partial charge on any atom is -0.457 e. The van der Waals surface area contributed by atoms with Crippen LogP contribution in [0.1, 0.15) is 142 Å². The molecule has 0 aromatic heterocycles. The second kappa shape index (κ2) is 29.7. The Hall–Kier alpha value is -0.760. The van der Waals surface area contributed by atoms with Gasteiger partial charge in [0.15, 0.2) is 0 Å². The highest BCUT2D eigenvalue weighted by molar-refractivity contribution is 7.47. The molecule has 40 heavy (non-hydrogen) atoms. The molecule has 0 radical (unpaired) electrons. The average molecular weight is 592 g/mol. The van der Waals surface area contributed by atoms with E-state index in [4.69, 9.17) is 24.3 Å². The summed E-state index contributed by atoms with van der Waals surface area (Å²) in [5, 5.41) is 0. The Morgan fingerprint density at radius 3 is 1.90 bits per heavy atom. The molecule has 2 atom stereocenters. The molecule has 0 rings (SSSR count). The van der Waals surface area contributed by atoms with E-state index in [-0.39, 0.29) is 32.3 Å². The summed E-state index contributed by atoms with van der Waals surface area (Å²) in [5.41, 5.74) is 5.32. The van der Waals surface area contributed by atoms with Gasteiger partial charge < -0.3 is 20.1 Å². The van der Waals surface area contributed by atoms with Crippen LogP contribution in [0.15, 0.2) is 12.2 Å². The molecule has 0 bridgehead atoms. The summed E-state index contributed by atoms with van der Waals surface area (Å²) in [6.07, 6.45) is 26.5. The molecule has 0 saturated carbocycles. The maximum atomic E-state index is 12.4. The molecule has 2 unspecified atom stereocenters. The molecule has 238 valence electrons. The van der Waals surface area contributed by atoms with Gasteiger partial charge in [-0.15, -0.1) is 0 Å². The SMILES string of the molecule is CCCC/C=C\CCCCCCCCOCC(COP(=O)(O)OCCN)OC(=O)CCCCCCCCCCC. The second-order valence-corrected chi connectivity index (χ2v) is 12.1. The first-order valence-electron chi connectivity index (χ1n) is 16.2. The number of allylic oxidation sites excluding steroid dienone is 2. The van der Waals surface area contributed by atoms with Gasteiger partial charge >= 0.3 is 13.8 Å². The van der Waals surface area contributed by atoms with Crippen molar-refractivity contribution in [3.05, 3.63) is 12.2 Å². The maximum Gasteiger partial charge on any atom is 0.472 e. The van der Waals surface area contributed by atoms with Crippen molar-refractivity contribution in [3.63, 3.8) is 0 Å². The lowest BCUT2D eigenvalue weighted by Crippen LogP contribution is -2.28. The summed E-state index contributed by atoms with van der Waals surface area (Å²) in [4.78, 5) is 22.2. The summed E-state index contributed by atoms with van der Waals surface area (Å²) < 4.78 is 33.1. The number of carbonyl (C=O) groups is 1. The van der Waals surface area contributed by atoms with Gasteiger partial charge in [0.1, 0.15) is 6.10 Å². The molecule has 0 aliphatic heterocycles. The van der Waals surface area contributed by atoms with Crippen LogP contribution in [0.4, 0.5) is 0 Å². The minimum absolute atomic E-state index is 0.0943. The van der Waals surface area contributed by atoms with Gasteiger partial charge in [-0.05, 0) is 32.1 Å². The second-order valence-electron chi connectivity index (χ2n) is 10.7. The lowest BCUT2D eigenvalue weighted by atomic mass is 10.1. The maximum absolute atomic E-state index is 12.4. The zero-order valence-corrected chi connectivity index (χ0v) is 26.7. The van der Waals surface area contributed by atoms with E-state index in [0.717, 1.165) is 32.1 Å². The number of carbonyl (C=O) groups excluding carboxylic acids is 1. The highest BCUT2D eigenvalue weighted by Gasteiger charge is 2.25. The fraction of sp³-hybridized carbons (Fsp3) is 0.903. The van der Waals surface area contributed by atoms with Gasteiger partial charge in [-0.25, -0.2) is 4.57 Å². The van der Waals surface area contributed by atoms with Gasteiger partial charge in [-0.1, -0.05) is 116 Å². The molecule has 0 heterocycles. The summed E-state index contributed by atoms with van der Waals surface area (Å²) in [6, 6.07) is 0. The number of nitrogens with two attached hydrogens (primary N) is 1. The third kappa shape index (κ3) is 28.8. The van der Waals surface area contributed by atoms with Crippen LogP contribution in [0.2, 0.25) is 0 Å². The number of ether oxygens (including phenoxy) is 2. The third-order valence-corrected chi connectivity index (χ3v) is 7.67. The lowest BCUT2D eigenvalue weighted by molar-refractivity contribution is -0.154. The number of rotatable bonds is 31. The van der Waals surface area contributed by atoms with Crippen molar-refractivity contribution in [1.82, 2.24) is 0 Å². The van der Waals surface area contributed by atoms with E-state index in [2.05, 4.69) is 26.0 Å². The van der Waals surface area contributed by atoms with Gasteiger partial charge in [0.05, 0.1) is 19.8 Å². The summed E-state index contributed by atoms with van der Waals surface area (Å²) in [6.45, 7) is 4.84. The quantitative estimate of drug-likeness (QED) is 0.0357. The smallest absolute Gasteiger partial charge is 0.457 e. The van der Waals surface area contributed by atoms with Crippen molar-refractivity contribution in [2.24, 2.45) is 5.73 Å². The molecule has 0 saturated heterocycles. The zero-order chi connectivity index (χ0) is 29.6. The number of hydrogen-bond acceptors (Lipinski definition) is 7. The van der Waals surface area contributed by atoms with E-state index in [1.54, 1.807) is 0 Å². The van der Waals surface area contributed by atoms with Crippen LogP contribution in [0.5, 0.6) is 0 Å². The summed E-state index contributed by atoms with van der Waals surface area (Å²) in [5.74, 6) is -0.337. The van der Waals surface area contributed by atoms with Crippen LogP contribution >= 0.6 is 7.82 Å². The van der Waals surface area contributed by atoms with Crippen molar-refractivity contribution < 1.29 is 32.8 Å². The Labute approximate surface area is 245 Å². The van der Waals surface area contributed by atoms with Crippen molar-refractivity contribution in [2.45, 2.75) is 148 Å². The standard InChI is InChI=1S/C31H62NO7P/c1-3-5-7-9-11-13-14-15-17-19-21-23-26-36-28-30(29-38-40(34,35)37-27-25-32)39-31(33)24-22-20-18-16-12-10-8-6-4-2/h9,11,30H,3-8,10,12-29,32H2,1-2H3,(H,34,35)/b11-9-. The first-order chi connectivity index (χ1) is 19.4. The molecule has 0 spiro atoms. The predicted octanol–water partition coefficient (Wildman–Crippen LogP) is 8.41. The van der Waals surface area contributed by atoms with Crippen LogP contribution in [-0.2, 0) is 27.9 Å². The van der Waals surface area contributed by atoms with E-state index in [0.29, 0.717) is 13.0 Å². The highest BCUT2D eigenvalue weighted by Crippen LogP contribution is 2.43. The molecule has 0 aliphatic rings. The molecule has 0 aliphatic carbocycles. The van der Waals surface area contributed by atoms with Gasteiger partial charge in [-0.3, -0.25) is 13.8 Å². The first kappa shape index (κ1) is 39.2. The Kier molecular flexibility index (Phi) is 29.2. The lowest BCUT2D eigenvalue weighted by Gasteiger charge is -2.20. The predicted molar refractivity (Wildman–Crippen MR) is 164 cm³/mol. The van der Waals surface area contributed by atoms with E-state index in [1.807, 2.05) is 0 Å². The fourth-order valence-electron chi connectivity index (χ4n) is 4.27. The number of phosphoric acid groups is 1. The monoisotopic (exact) mass is 591 g/mol. The van der Waals surface area contributed by atoms with E-state index in [1.165, 1.54) is 89.9 Å². The molecule has 0 amide bonds. The molecular weight excluding hydrogens is 529 g/mol. The third-order valence-electron chi connectivity index (χ3n) is 6.68. The molecule has 0 aromatic carbocycles. The fourth-order valence-corrected chi connectivity index (χ4v) is 5.03. The normalized spacial score (nSPS) is 14.0. The number of unbranched alkanes of at least 4 members (excludes halogenated alkanes) is 16. The largest absolute Gasteiger partial charge is 0.472 e. The topological polar surface area (TPSA) is 117 Å². The van der Waals surface area contributed by atoms with Crippen molar-refractivity contribution in [3.8, 4) is 0 Å². The van der Waals surface area contributed by atoms with Crippen LogP contribution in [0.25, 0.3) is 0 Å². The van der Waals surface area contributed by atoms with Crippen molar-refractivity contribution in [1.29, 1.82) is 0 Å². The van der Waals surface area contributed by atoms with Crippen LogP contribution in [-0.4, -0.2) is 49.9 Å². The van der Waals surface area contributed by atoms with Crippen LogP contribution in [0.3, 0.4) is 0 Å². The minimum atomic E-state index is -4.25. The Morgan fingerprint density at radius 2 is 1.27 bits per heavy atom. The van der Waals surface area contributed by atoms with E-state index in [9.17, 15) is 14.3 Å². The number of hydrogen-bond donors (Lipinski definition) is 2. The van der Waals surface area contributed by atoms with Crippen LogP contribution < -0.4 is 5.73 Å². The summed E-state index contributed by atoms with van der Waals surface area (Å²) in [7, 11) is -4.25. The zero-order valence-electron chi connectivity index (χ0n) is 25.8. The van der Waals surface area contributed by atoms with Crippen molar-refractivity contribution >= 4 is 13.8 Å². The average Bonchev–Trinajstić information content (AvgIpc) is 2.94. The van der Waals surface area contributed by atoms with E-state index >= 15 is 0 Å². The molecule has 8 nitrogen and oxygen atoms in total. The number of esters is 1. The number of phosphoric ester groups is 1. The Balaban J connectivity index is 4.15. The van der Waals surface area contributed by atoms with Crippen LogP contribution in [0, 0.1) is 0 Å². The molecular formula is C31H62NO7P. The van der Waals surface area contributed by atoms with Gasteiger partial charge in [0.2, 0.25) is 0 Å². The highest BCUT2D eigenvalue weighted by atomic mass is 31.2. The first-order valence-corrected chi connectivity index (χ1v) is 17.7. The van der Waals surface area contributed by atoms with Gasteiger partial charge in [-0.2, -0.15) is 0 Å². The Bertz CT molecular complexity index is 633. The molecule has 0 aromatic rings. The molecule has 0 fully saturated rings. The Morgan fingerprint density at radius 1 is 0.725 bits per heavy atom. The van der Waals surface area contributed by atoms with E-state index < -0.39 is 13.9 Å². The van der Waals surface area contributed by atoms with Gasteiger partial charge in [0, 0.05) is 19.6 Å². The van der Waals surface area contributed by atoms with Gasteiger partial charge in [0.25, 0.3) is 0 Å².